The van der Waals surface area contributed by atoms with Gasteiger partial charge in [-0.05, 0) is 0 Å². The standard InChI is InChI=1S/C7H11N3O/c1-9-3-4-10-7(9)5-6(8-10)11-2/h5H,3-4H2,1-2H3. The molecule has 0 fully saturated rings. The minimum Gasteiger partial charge on any atom is -0.480 e. The maximum absolute atomic E-state index is 5.00. The lowest BCUT2D eigenvalue weighted by molar-refractivity contribution is 0.389. The molecule has 0 bridgehead atoms. The van der Waals surface area contributed by atoms with E-state index in [1.165, 1.54) is 0 Å². The summed E-state index contributed by atoms with van der Waals surface area (Å²) in [7, 11) is 3.69. The maximum Gasteiger partial charge on any atom is 0.234 e. The number of likely N-dealkylation sites (N-methyl/N-ethyl adjacent to an activating group) is 1. The number of rotatable bonds is 1. The highest BCUT2D eigenvalue weighted by Crippen LogP contribution is 2.23. The Kier molecular flexibility index (Phi) is 1.27. The average molecular weight is 153 g/mol. The number of anilines is 1. The molecular formula is C7H11N3O. The van der Waals surface area contributed by atoms with Crippen LogP contribution in [-0.4, -0.2) is 30.5 Å². The van der Waals surface area contributed by atoms with Crippen molar-refractivity contribution in [3.05, 3.63) is 6.07 Å². The summed E-state index contributed by atoms with van der Waals surface area (Å²) in [4.78, 5) is 2.16. The van der Waals surface area contributed by atoms with Gasteiger partial charge in [0, 0.05) is 19.7 Å². The molecule has 0 unspecified atom stereocenters. The zero-order chi connectivity index (χ0) is 7.84. The third kappa shape index (κ3) is 0.859. The quantitative estimate of drug-likeness (QED) is 0.583. The van der Waals surface area contributed by atoms with Crippen LogP contribution in [0.3, 0.4) is 0 Å². The lowest BCUT2D eigenvalue weighted by Gasteiger charge is -2.06. The Morgan fingerprint density at radius 3 is 3.00 bits per heavy atom. The van der Waals surface area contributed by atoms with Crippen LogP contribution < -0.4 is 9.64 Å². The molecule has 0 aliphatic carbocycles. The highest BCUT2D eigenvalue weighted by molar-refractivity contribution is 5.44. The number of methoxy groups -OCH3 is 1. The van der Waals surface area contributed by atoms with Gasteiger partial charge in [0.1, 0.15) is 5.82 Å². The molecule has 0 radical (unpaired) electrons. The van der Waals surface area contributed by atoms with Crippen LogP contribution in [0, 0.1) is 0 Å². The van der Waals surface area contributed by atoms with E-state index < -0.39 is 0 Å². The van der Waals surface area contributed by atoms with Crippen LogP contribution in [-0.2, 0) is 6.54 Å². The summed E-state index contributed by atoms with van der Waals surface area (Å²) in [6.07, 6.45) is 0. The molecule has 1 aliphatic rings. The van der Waals surface area contributed by atoms with E-state index in [1.807, 2.05) is 10.7 Å². The van der Waals surface area contributed by atoms with Crippen molar-refractivity contribution in [1.29, 1.82) is 0 Å². The number of hydrogen-bond donors (Lipinski definition) is 0. The van der Waals surface area contributed by atoms with Crippen LogP contribution in [0.15, 0.2) is 6.07 Å². The van der Waals surface area contributed by atoms with Crippen molar-refractivity contribution in [1.82, 2.24) is 9.78 Å². The van der Waals surface area contributed by atoms with Crippen molar-refractivity contribution >= 4 is 5.82 Å². The van der Waals surface area contributed by atoms with Gasteiger partial charge in [-0.3, -0.25) is 0 Å². The summed E-state index contributed by atoms with van der Waals surface area (Å²) in [5, 5.41) is 4.21. The molecule has 1 aliphatic heterocycles. The average Bonchev–Trinajstić information content (AvgIpc) is 2.53. The highest BCUT2D eigenvalue weighted by atomic mass is 16.5. The molecule has 60 valence electrons. The van der Waals surface area contributed by atoms with Crippen molar-refractivity contribution in [2.24, 2.45) is 0 Å². The minimum atomic E-state index is 0.701. The van der Waals surface area contributed by atoms with E-state index in [4.69, 9.17) is 4.74 Å². The Bertz CT molecular complexity index is 269. The van der Waals surface area contributed by atoms with Gasteiger partial charge < -0.3 is 9.64 Å². The van der Waals surface area contributed by atoms with Gasteiger partial charge in [-0.2, -0.15) is 0 Å². The maximum atomic E-state index is 5.00. The molecule has 0 saturated carbocycles. The molecule has 4 nitrogen and oxygen atoms in total. The summed E-state index contributed by atoms with van der Waals surface area (Å²) in [6.45, 7) is 2.02. The predicted molar refractivity (Wildman–Crippen MR) is 42.0 cm³/mol. The summed E-state index contributed by atoms with van der Waals surface area (Å²) in [6, 6.07) is 1.95. The molecule has 0 saturated heterocycles. The number of aromatic nitrogens is 2. The first-order valence-corrected chi connectivity index (χ1v) is 3.64. The lowest BCUT2D eigenvalue weighted by atomic mass is 10.5. The fourth-order valence-corrected chi connectivity index (χ4v) is 1.31. The minimum absolute atomic E-state index is 0.701. The number of ether oxygens (including phenoxy) is 1. The third-order valence-electron chi connectivity index (χ3n) is 1.98. The zero-order valence-corrected chi connectivity index (χ0v) is 6.74. The van der Waals surface area contributed by atoms with Crippen molar-refractivity contribution < 1.29 is 4.74 Å². The molecule has 0 N–H and O–H groups in total. The van der Waals surface area contributed by atoms with Gasteiger partial charge in [-0.15, -0.1) is 5.10 Å². The molecule has 1 aromatic rings. The Morgan fingerprint density at radius 2 is 2.36 bits per heavy atom. The predicted octanol–water partition coefficient (Wildman–Crippen LogP) is 0.341. The van der Waals surface area contributed by atoms with Gasteiger partial charge in [-0.25, -0.2) is 4.68 Å². The Hall–Kier alpha value is -1.19. The van der Waals surface area contributed by atoms with Crippen LogP contribution in [0.25, 0.3) is 0 Å². The Labute approximate surface area is 65.4 Å². The van der Waals surface area contributed by atoms with E-state index in [-0.39, 0.29) is 0 Å². The van der Waals surface area contributed by atoms with Crippen LogP contribution in [0.4, 0.5) is 5.82 Å². The fourth-order valence-electron chi connectivity index (χ4n) is 1.31. The molecular weight excluding hydrogens is 142 g/mol. The van der Waals surface area contributed by atoms with Gasteiger partial charge in [0.05, 0.1) is 13.7 Å². The largest absolute Gasteiger partial charge is 0.480 e. The molecule has 11 heavy (non-hydrogen) atoms. The molecule has 2 rings (SSSR count). The highest BCUT2D eigenvalue weighted by Gasteiger charge is 2.17. The Morgan fingerprint density at radius 1 is 1.55 bits per heavy atom. The summed E-state index contributed by atoms with van der Waals surface area (Å²) >= 11 is 0. The van der Waals surface area contributed by atoms with E-state index in [2.05, 4.69) is 17.0 Å². The second-order valence-electron chi connectivity index (χ2n) is 2.69. The van der Waals surface area contributed by atoms with Crippen molar-refractivity contribution in [3.63, 3.8) is 0 Å². The second kappa shape index (κ2) is 2.15. The number of nitrogens with zero attached hydrogens (tertiary/aromatic N) is 3. The first-order valence-electron chi connectivity index (χ1n) is 3.64. The molecule has 0 amide bonds. The first kappa shape index (κ1) is 6.52. The summed E-state index contributed by atoms with van der Waals surface area (Å²) in [5.74, 6) is 1.84. The van der Waals surface area contributed by atoms with Crippen LogP contribution in [0.5, 0.6) is 5.88 Å². The van der Waals surface area contributed by atoms with E-state index in [0.29, 0.717) is 5.88 Å². The van der Waals surface area contributed by atoms with Gasteiger partial charge in [0.2, 0.25) is 5.88 Å². The first-order chi connectivity index (χ1) is 5.31. The second-order valence-corrected chi connectivity index (χ2v) is 2.69. The molecule has 0 spiro atoms. The lowest BCUT2D eigenvalue weighted by Crippen LogP contribution is -2.12. The normalized spacial score (nSPS) is 15.3. The van der Waals surface area contributed by atoms with Gasteiger partial charge >= 0.3 is 0 Å². The van der Waals surface area contributed by atoms with Crippen LogP contribution >= 0.6 is 0 Å². The Balaban J connectivity index is 2.38. The van der Waals surface area contributed by atoms with E-state index in [0.717, 1.165) is 18.9 Å². The smallest absolute Gasteiger partial charge is 0.234 e. The van der Waals surface area contributed by atoms with E-state index >= 15 is 0 Å². The molecule has 0 aromatic carbocycles. The number of hydrogen-bond acceptors (Lipinski definition) is 3. The van der Waals surface area contributed by atoms with Gasteiger partial charge in [-0.1, -0.05) is 0 Å². The SMILES string of the molecule is COc1cc2n(n1)CCN2C. The molecule has 1 aromatic heterocycles. The zero-order valence-electron chi connectivity index (χ0n) is 6.74. The summed E-state index contributed by atoms with van der Waals surface area (Å²) in [5.41, 5.74) is 0. The topological polar surface area (TPSA) is 30.3 Å². The fraction of sp³-hybridized carbons (Fsp3) is 0.571. The molecule has 4 heteroatoms. The van der Waals surface area contributed by atoms with Gasteiger partial charge in [0.15, 0.2) is 0 Å². The number of fused-ring (bicyclic) bond motifs is 1. The molecule has 2 heterocycles. The van der Waals surface area contributed by atoms with Crippen molar-refractivity contribution in [2.45, 2.75) is 6.54 Å². The molecule has 0 atom stereocenters. The van der Waals surface area contributed by atoms with Crippen molar-refractivity contribution in [2.75, 3.05) is 25.6 Å². The van der Waals surface area contributed by atoms with Gasteiger partial charge in [0.25, 0.3) is 0 Å². The van der Waals surface area contributed by atoms with E-state index in [9.17, 15) is 0 Å². The van der Waals surface area contributed by atoms with E-state index in [1.54, 1.807) is 7.11 Å². The third-order valence-corrected chi connectivity index (χ3v) is 1.98. The van der Waals surface area contributed by atoms with Crippen molar-refractivity contribution in [3.8, 4) is 5.88 Å². The van der Waals surface area contributed by atoms with Crippen LogP contribution in [0.1, 0.15) is 0 Å². The monoisotopic (exact) mass is 153 g/mol. The van der Waals surface area contributed by atoms with Crippen LogP contribution in [0.2, 0.25) is 0 Å². The summed E-state index contributed by atoms with van der Waals surface area (Å²) < 4.78 is 6.96.